The fourth-order valence-electron chi connectivity index (χ4n) is 2.40. The Balaban J connectivity index is 2.17. The number of nitrogens with one attached hydrogen (secondary N) is 2. The molecule has 1 aliphatic rings. The maximum absolute atomic E-state index is 11.8. The lowest BCUT2D eigenvalue weighted by Gasteiger charge is -2.28. The highest BCUT2D eigenvalue weighted by Gasteiger charge is 2.16. The van der Waals surface area contributed by atoms with E-state index in [4.69, 9.17) is 5.41 Å². The molecule has 1 aliphatic heterocycles. The maximum Gasteiger partial charge on any atom is 0.259 e. The van der Waals surface area contributed by atoms with Crippen LogP contribution in [0.3, 0.4) is 0 Å². The summed E-state index contributed by atoms with van der Waals surface area (Å²) in [5.74, 6) is 0.683. The summed E-state index contributed by atoms with van der Waals surface area (Å²) >= 11 is 0. The molecule has 7 heteroatoms. The Bertz CT molecular complexity index is 549. The van der Waals surface area contributed by atoms with E-state index in [0.29, 0.717) is 17.0 Å². The van der Waals surface area contributed by atoms with Gasteiger partial charge in [0.2, 0.25) is 5.91 Å². The summed E-state index contributed by atoms with van der Waals surface area (Å²) in [5, 5.41) is 20.2. The first-order chi connectivity index (χ1) is 10.1. The number of carbonyl (C=O) groups excluding carboxylic acids is 1. The first-order valence-electron chi connectivity index (χ1n) is 7.54. The molecule has 1 fully saturated rings. The number of rotatable bonds is 5. The van der Waals surface area contributed by atoms with E-state index in [0.717, 1.165) is 38.8 Å². The lowest BCUT2D eigenvalue weighted by Crippen LogP contribution is -2.34. The van der Waals surface area contributed by atoms with Gasteiger partial charge in [-0.15, -0.1) is 4.73 Å². The third-order valence-electron chi connectivity index (χ3n) is 3.62. The van der Waals surface area contributed by atoms with E-state index in [9.17, 15) is 10.0 Å². The first-order valence-corrected chi connectivity index (χ1v) is 7.54. The number of nitrogens with zero attached hydrogens (tertiary/aromatic N) is 3. The minimum atomic E-state index is -0.274. The molecule has 116 valence electrons. The largest absolute Gasteiger partial charge is 0.423 e. The topological polar surface area (TPSA) is 94.2 Å². The molecule has 0 saturated carbocycles. The van der Waals surface area contributed by atoms with Gasteiger partial charge in [-0.25, -0.2) is 0 Å². The highest BCUT2D eigenvalue weighted by molar-refractivity contribution is 5.90. The zero-order valence-electron chi connectivity index (χ0n) is 12.4. The summed E-state index contributed by atoms with van der Waals surface area (Å²) in [6.45, 7) is 3.80. The Morgan fingerprint density at radius 3 is 2.81 bits per heavy atom. The standard InChI is InChI=1S/C14H23N5O2/c1-2-3-7-13(20)16-12-10-11(17-14(15)19(12)21)18-8-5-4-6-9-18/h10,15,21H,2-9H2,1H3,(H,16,20). The predicted octanol–water partition coefficient (Wildman–Crippen LogP) is 1.72. The van der Waals surface area contributed by atoms with Crippen molar-refractivity contribution >= 4 is 17.5 Å². The van der Waals surface area contributed by atoms with Crippen molar-refractivity contribution in [2.75, 3.05) is 23.3 Å². The minimum Gasteiger partial charge on any atom is -0.423 e. The normalized spacial score (nSPS) is 15.0. The fourth-order valence-corrected chi connectivity index (χ4v) is 2.40. The van der Waals surface area contributed by atoms with Gasteiger partial charge in [-0.1, -0.05) is 13.3 Å². The lowest BCUT2D eigenvalue weighted by atomic mass is 10.1. The van der Waals surface area contributed by atoms with Crippen LogP contribution in [-0.2, 0) is 4.79 Å². The second-order valence-corrected chi connectivity index (χ2v) is 5.33. The molecule has 0 unspecified atom stereocenters. The summed E-state index contributed by atoms with van der Waals surface area (Å²) in [4.78, 5) is 18.0. The Kier molecular flexibility index (Phi) is 5.19. The van der Waals surface area contributed by atoms with Crippen molar-refractivity contribution in [2.24, 2.45) is 0 Å². The highest BCUT2D eigenvalue weighted by Crippen LogP contribution is 2.19. The van der Waals surface area contributed by atoms with Crippen molar-refractivity contribution in [2.45, 2.75) is 45.4 Å². The van der Waals surface area contributed by atoms with E-state index < -0.39 is 0 Å². The van der Waals surface area contributed by atoms with Gasteiger partial charge >= 0.3 is 0 Å². The number of aromatic nitrogens is 2. The highest BCUT2D eigenvalue weighted by atomic mass is 16.5. The summed E-state index contributed by atoms with van der Waals surface area (Å²) in [6.07, 6.45) is 5.55. The number of amides is 1. The van der Waals surface area contributed by atoms with Crippen LogP contribution in [0.15, 0.2) is 6.07 Å². The minimum absolute atomic E-state index is 0.158. The third-order valence-corrected chi connectivity index (χ3v) is 3.62. The molecule has 1 saturated heterocycles. The van der Waals surface area contributed by atoms with Crippen LogP contribution in [0.1, 0.15) is 45.4 Å². The zero-order valence-corrected chi connectivity index (χ0v) is 12.4. The number of hydrogen-bond donors (Lipinski definition) is 3. The second kappa shape index (κ2) is 7.10. The zero-order chi connectivity index (χ0) is 15.2. The van der Waals surface area contributed by atoms with Crippen LogP contribution in [0, 0.1) is 5.41 Å². The molecule has 2 heterocycles. The van der Waals surface area contributed by atoms with Gasteiger partial charge in [0.05, 0.1) is 0 Å². The Morgan fingerprint density at radius 2 is 2.14 bits per heavy atom. The Morgan fingerprint density at radius 1 is 1.43 bits per heavy atom. The van der Waals surface area contributed by atoms with Gasteiger partial charge in [-0.3, -0.25) is 10.2 Å². The molecular weight excluding hydrogens is 270 g/mol. The van der Waals surface area contributed by atoms with Crippen LogP contribution in [-0.4, -0.2) is 33.9 Å². The van der Waals surface area contributed by atoms with Gasteiger partial charge < -0.3 is 15.4 Å². The van der Waals surface area contributed by atoms with Crippen molar-refractivity contribution in [3.05, 3.63) is 11.7 Å². The second-order valence-electron chi connectivity index (χ2n) is 5.33. The van der Waals surface area contributed by atoms with E-state index in [1.165, 1.54) is 6.42 Å². The molecule has 7 nitrogen and oxygen atoms in total. The monoisotopic (exact) mass is 293 g/mol. The molecule has 0 aliphatic carbocycles. The number of carbonyl (C=O) groups is 1. The Labute approximate surface area is 124 Å². The molecule has 3 N–H and O–H groups in total. The van der Waals surface area contributed by atoms with E-state index in [1.54, 1.807) is 6.07 Å². The number of piperidine rings is 1. The number of anilines is 2. The van der Waals surface area contributed by atoms with Crippen molar-refractivity contribution in [1.29, 1.82) is 5.41 Å². The molecule has 0 bridgehead atoms. The van der Waals surface area contributed by atoms with Crippen molar-refractivity contribution in [3.8, 4) is 0 Å². The average Bonchev–Trinajstić information content (AvgIpc) is 2.50. The van der Waals surface area contributed by atoms with Gasteiger partial charge in [0, 0.05) is 25.6 Å². The van der Waals surface area contributed by atoms with Crippen LogP contribution in [0.4, 0.5) is 11.6 Å². The van der Waals surface area contributed by atoms with Gasteiger partial charge in [0.15, 0.2) is 5.82 Å². The van der Waals surface area contributed by atoms with Crippen LogP contribution < -0.4 is 15.8 Å². The van der Waals surface area contributed by atoms with E-state index >= 15 is 0 Å². The molecule has 0 aromatic carbocycles. The molecule has 1 amide bonds. The van der Waals surface area contributed by atoms with E-state index in [2.05, 4.69) is 15.2 Å². The first kappa shape index (κ1) is 15.3. The van der Waals surface area contributed by atoms with E-state index in [-0.39, 0.29) is 17.3 Å². The van der Waals surface area contributed by atoms with Crippen molar-refractivity contribution in [1.82, 2.24) is 9.71 Å². The molecule has 0 atom stereocenters. The maximum atomic E-state index is 11.8. The van der Waals surface area contributed by atoms with Crippen molar-refractivity contribution in [3.63, 3.8) is 0 Å². The fraction of sp³-hybridized carbons (Fsp3) is 0.643. The molecular formula is C14H23N5O2. The van der Waals surface area contributed by atoms with E-state index in [1.807, 2.05) is 6.92 Å². The predicted molar refractivity (Wildman–Crippen MR) is 79.5 cm³/mol. The molecule has 2 rings (SSSR count). The smallest absolute Gasteiger partial charge is 0.259 e. The average molecular weight is 293 g/mol. The molecule has 21 heavy (non-hydrogen) atoms. The SMILES string of the molecule is CCCCC(=O)Nc1cc(N2CCCCC2)nc(=N)n1O. The molecule has 1 aromatic heterocycles. The summed E-state index contributed by atoms with van der Waals surface area (Å²) in [5.41, 5.74) is -0.274. The summed E-state index contributed by atoms with van der Waals surface area (Å²) in [7, 11) is 0. The van der Waals surface area contributed by atoms with Crippen LogP contribution in [0.5, 0.6) is 0 Å². The van der Waals surface area contributed by atoms with Gasteiger partial charge in [0.1, 0.15) is 5.82 Å². The van der Waals surface area contributed by atoms with Crippen LogP contribution >= 0.6 is 0 Å². The summed E-state index contributed by atoms with van der Waals surface area (Å²) < 4.78 is 0.608. The lowest BCUT2D eigenvalue weighted by molar-refractivity contribution is -0.116. The number of unbranched alkanes of at least 4 members (excludes halogenated alkanes) is 1. The van der Waals surface area contributed by atoms with Crippen LogP contribution in [0.25, 0.3) is 0 Å². The molecule has 0 spiro atoms. The van der Waals surface area contributed by atoms with Crippen LogP contribution in [0.2, 0.25) is 0 Å². The summed E-state index contributed by atoms with van der Waals surface area (Å²) in [6, 6.07) is 1.63. The van der Waals surface area contributed by atoms with Gasteiger partial charge in [-0.05, 0) is 25.7 Å². The van der Waals surface area contributed by atoms with Gasteiger partial charge in [-0.2, -0.15) is 4.98 Å². The number of hydrogen-bond acceptors (Lipinski definition) is 5. The molecule has 0 radical (unpaired) electrons. The quantitative estimate of drug-likeness (QED) is 0.720. The van der Waals surface area contributed by atoms with Gasteiger partial charge in [0.25, 0.3) is 5.62 Å². The van der Waals surface area contributed by atoms with Crippen molar-refractivity contribution < 1.29 is 10.0 Å². The molecule has 1 aromatic rings. The third kappa shape index (κ3) is 3.96. The Hall–Kier alpha value is -2.05.